The number of piperidine rings is 1. The minimum atomic E-state index is -3.45. The van der Waals surface area contributed by atoms with Crippen molar-refractivity contribution in [3.63, 3.8) is 0 Å². The summed E-state index contributed by atoms with van der Waals surface area (Å²) >= 11 is 0. The minimum Gasteiger partial charge on any atom is -0.456 e. The van der Waals surface area contributed by atoms with Crippen molar-refractivity contribution in [1.29, 1.82) is 0 Å². The van der Waals surface area contributed by atoms with Crippen molar-refractivity contribution in [1.82, 2.24) is 14.4 Å². The van der Waals surface area contributed by atoms with Gasteiger partial charge in [0.1, 0.15) is 0 Å². The van der Waals surface area contributed by atoms with Gasteiger partial charge in [0, 0.05) is 25.1 Å². The Morgan fingerprint density at radius 3 is 2.44 bits per heavy atom. The molecule has 0 amide bonds. The molecule has 0 spiro atoms. The van der Waals surface area contributed by atoms with Gasteiger partial charge in [-0.1, -0.05) is 54.0 Å². The van der Waals surface area contributed by atoms with Gasteiger partial charge in [0.25, 0.3) is 5.89 Å². The first-order chi connectivity index (χ1) is 15.5. The lowest BCUT2D eigenvalue weighted by molar-refractivity contribution is -0.145. The second-order valence-corrected chi connectivity index (χ2v) is 9.59. The van der Waals surface area contributed by atoms with Gasteiger partial charge >= 0.3 is 5.97 Å². The molecule has 32 heavy (non-hydrogen) atoms. The highest BCUT2D eigenvalue weighted by Gasteiger charge is 2.25. The Balaban J connectivity index is 1.26. The lowest BCUT2D eigenvalue weighted by atomic mass is 10.1. The summed E-state index contributed by atoms with van der Waals surface area (Å²) in [6.07, 6.45) is 3.48. The average Bonchev–Trinajstić information content (AvgIpc) is 3.32. The van der Waals surface area contributed by atoms with E-state index in [9.17, 15) is 13.2 Å². The van der Waals surface area contributed by atoms with E-state index < -0.39 is 16.0 Å². The summed E-state index contributed by atoms with van der Waals surface area (Å²) in [6, 6.07) is 16.1. The maximum absolute atomic E-state index is 12.7. The molecule has 0 radical (unpaired) electrons. The van der Waals surface area contributed by atoms with Crippen LogP contribution in [0.3, 0.4) is 0 Å². The molecule has 9 heteroatoms. The van der Waals surface area contributed by atoms with Crippen LogP contribution in [0.15, 0.2) is 64.0 Å². The molecule has 1 aromatic heterocycles. The number of aromatic nitrogens is 2. The second kappa shape index (κ2) is 10.1. The van der Waals surface area contributed by atoms with Crippen LogP contribution in [0.1, 0.15) is 37.1 Å². The Morgan fingerprint density at radius 2 is 1.72 bits per heavy atom. The second-order valence-electron chi connectivity index (χ2n) is 7.65. The van der Waals surface area contributed by atoms with Crippen LogP contribution in [0.2, 0.25) is 0 Å². The van der Waals surface area contributed by atoms with Gasteiger partial charge in [0.05, 0.1) is 4.90 Å². The molecule has 168 valence electrons. The predicted molar refractivity (Wildman–Crippen MR) is 117 cm³/mol. The fraction of sp³-hybridized carbons (Fsp3) is 0.348. The van der Waals surface area contributed by atoms with Crippen LogP contribution in [0.25, 0.3) is 11.4 Å². The first-order valence-electron chi connectivity index (χ1n) is 10.6. The molecule has 1 saturated heterocycles. The van der Waals surface area contributed by atoms with Gasteiger partial charge in [0.2, 0.25) is 15.8 Å². The predicted octanol–water partition coefficient (Wildman–Crippen LogP) is 3.59. The number of hydrogen-bond donors (Lipinski definition) is 0. The summed E-state index contributed by atoms with van der Waals surface area (Å²) in [5.74, 6) is 0.273. The van der Waals surface area contributed by atoms with Crippen LogP contribution in [-0.2, 0) is 32.6 Å². The van der Waals surface area contributed by atoms with E-state index >= 15 is 0 Å². The number of nitrogens with zero attached hydrogens (tertiary/aromatic N) is 3. The SMILES string of the molecule is O=C(CCc1ccc(S(=O)(=O)N2CCCCC2)cc1)OCc1nc(-c2ccccc2)no1. The molecule has 2 aromatic carbocycles. The van der Waals surface area contributed by atoms with Gasteiger partial charge in [-0.3, -0.25) is 4.79 Å². The number of benzene rings is 2. The van der Waals surface area contributed by atoms with Crippen molar-refractivity contribution >= 4 is 16.0 Å². The number of rotatable bonds is 8. The summed E-state index contributed by atoms with van der Waals surface area (Å²) in [5, 5.41) is 3.89. The first kappa shape index (κ1) is 22.2. The average molecular weight is 456 g/mol. The van der Waals surface area contributed by atoms with E-state index in [2.05, 4.69) is 10.1 Å². The molecule has 0 atom stereocenters. The van der Waals surface area contributed by atoms with E-state index in [1.807, 2.05) is 30.3 Å². The van der Waals surface area contributed by atoms with Crippen LogP contribution in [-0.4, -0.2) is 41.9 Å². The molecule has 0 saturated carbocycles. The zero-order valence-corrected chi connectivity index (χ0v) is 18.5. The van der Waals surface area contributed by atoms with E-state index in [1.165, 1.54) is 0 Å². The Labute approximate surface area is 187 Å². The molecule has 1 aliphatic rings. The fourth-order valence-electron chi connectivity index (χ4n) is 3.56. The maximum Gasteiger partial charge on any atom is 0.306 e. The quantitative estimate of drug-likeness (QED) is 0.478. The molecule has 0 bridgehead atoms. The monoisotopic (exact) mass is 455 g/mol. The van der Waals surface area contributed by atoms with E-state index in [4.69, 9.17) is 9.26 Å². The molecular weight excluding hydrogens is 430 g/mol. The van der Waals surface area contributed by atoms with Crippen LogP contribution >= 0.6 is 0 Å². The van der Waals surface area contributed by atoms with E-state index in [-0.39, 0.29) is 23.8 Å². The molecule has 1 aliphatic heterocycles. The summed E-state index contributed by atoms with van der Waals surface area (Å²) in [5.41, 5.74) is 1.68. The lowest BCUT2D eigenvalue weighted by Crippen LogP contribution is -2.35. The molecule has 2 heterocycles. The van der Waals surface area contributed by atoms with Gasteiger partial charge < -0.3 is 9.26 Å². The van der Waals surface area contributed by atoms with Crippen LogP contribution in [0, 0.1) is 0 Å². The van der Waals surface area contributed by atoms with Crippen molar-refractivity contribution in [2.75, 3.05) is 13.1 Å². The number of carbonyl (C=O) groups is 1. The van der Waals surface area contributed by atoms with Crippen LogP contribution in [0.5, 0.6) is 0 Å². The van der Waals surface area contributed by atoms with Crippen molar-refractivity contribution in [3.8, 4) is 11.4 Å². The third kappa shape index (κ3) is 5.41. The van der Waals surface area contributed by atoms with Crippen molar-refractivity contribution in [3.05, 3.63) is 66.1 Å². The molecule has 3 aromatic rings. The Bertz CT molecular complexity index is 1140. The van der Waals surface area contributed by atoms with Gasteiger partial charge in [0.15, 0.2) is 6.61 Å². The summed E-state index contributed by atoms with van der Waals surface area (Å²) < 4.78 is 37.3. The zero-order chi connectivity index (χ0) is 22.4. The number of carbonyl (C=O) groups excluding carboxylic acids is 1. The van der Waals surface area contributed by atoms with Crippen LogP contribution in [0.4, 0.5) is 0 Å². The van der Waals surface area contributed by atoms with Gasteiger partial charge in [-0.15, -0.1) is 0 Å². The van der Waals surface area contributed by atoms with E-state index in [0.29, 0.717) is 25.3 Å². The van der Waals surface area contributed by atoms with Gasteiger partial charge in [-0.25, -0.2) is 8.42 Å². The summed E-state index contributed by atoms with van der Waals surface area (Å²) in [7, 11) is -3.45. The maximum atomic E-state index is 12.7. The normalized spacial score (nSPS) is 14.9. The van der Waals surface area contributed by atoms with E-state index in [0.717, 1.165) is 30.4 Å². The topological polar surface area (TPSA) is 103 Å². The highest BCUT2D eigenvalue weighted by molar-refractivity contribution is 7.89. The third-order valence-electron chi connectivity index (χ3n) is 5.35. The number of hydrogen-bond acceptors (Lipinski definition) is 7. The molecule has 8 nitrogen and oxygen atoms in total. The highest BCUT2D eigenvalue weighted by atomic mass is 32.2. The number of esters is 1. The third-order valence-corrected chi connectivity index (χ3v) is 7.26. The molecule has 0 aliphatic carbocycles. The van der Waals surface area contributed by atoms with Gasteiger partial charge in [-0.2, -0.15) is 9.29 Å². The molecule has 0 unspecified atom stereocenters. The first-order valence-corrected chi connectivity index (χ1v) is 12.1. The number of sulfonamides is 1. The Kier molecular flexibility index (Phi) is 6.96. The largest absolute Gasteiger partial charge is 0.456 e. The van der Waals surface area contributed by atoms with Crippen LogP contribution < -0.4 is 0 Å². The Morgan fingerprint density at radius 1 is 1.00 bits per heavy atom. The summed E-state index contributed by atoms with van der Waals surface area (Å²) in [6.45, 7) is 1.05. The lowest BCUT2D eigenvalue weighted by Gasteiger charge is -2.25. The van der Waals surface area contributed by atoms with Gasteiger partial charge in [-0.05, 0) is 37.0 Å². The van der Waals surface area contributed by atoms with Crippen molar-refractivity contribution in [2.45, 2.75) is 43.6 Å². The fourth-order valence-corrected chi connectivity index (χ4v) is 5.08. The molecular formula is C23H25N3O5S. The van der Waals surface area contributed by atoms with E-state index in [1.54, 1.807) is 28.6 Å². The molecule has 4 rings (SSSR count). The smallest absolute Gasteiger partial charge is 0.306 e. The standard InChI is InChI=1S/C23H25N3O5S/c27-22(30-17-21-24-23(25-31-21)19-7-3-1-4-8-19)14-11-18-9-12-20(13-10-18)32(28,29)26-15-5-2-6-16-26/h1,3-4,7-10,12-13H,2,5-6,11,14-17H2. The minimum absolute atomic E-state index is 0.0916. The summed E-state index contributed by atoms with van der Waals surface area (Å²) in [4.78, 5) is 16.6. The molecule has 1 fully saturated rings. The van der Waals surface area contributed by atoms with Crippen molar-refractivity contribution < 1.29 is 22.5 Å². The molecule has 0 N–H and O–H groups in total. The van der Waals surface area contributed by atoms with Crippen molar-refractivity contribution in [2.24, 2.45) is 0 Å². The highest BCUT2D eigenvalue weighted by Crippen LogP contribution is 2.21. The Hall–Kier alpha value is -3.04. The number of ether oxygens (including phenoxy) is 1. The number of aryl methyl sites for hydroxylation is 1. The zero-order valence-electron chi connectivity index (χ0n) is 17.6.